The van der Waals surface area contributed by atoms with Crippen molar-refractivity contribution in [2.45, 2.75) is 6.42 Å². The summed E-state index contributed by atoms with van der Waals surface area (Å²) in [5, 5.41) is 19.2. The summed E-state index contributed by atoms with van der Waals surface area (Å²) in [6, 6.07) is 7.11. The van der Waals surface area contributed by atoms with E-state index in [2.05, 4.69) is 9.97 Å². The van der Waals surface area contributed by atoms with E-state index in [1.165, 1.54) is 0 Å². The highest BCUT2D eigenvalue weighted by Gasteiger charge is 2.07. The summed E-state index contributed by atoms with van der Waals surface area (Å²) >= 11 is 0. The van der Waals surface area contributed by atoms with Crippen LogP contribution >= 0.6 is 0 Å². The van der Waals surface area contributed by atoms with Crippen LogP contribution in [0.15, 0.2) is 36.7 Å². The molecule has 0 aliphatic heterocycles. The minimum atomic E-state index is -0.576. The maximum Gasteiger partial charge on any atom is 0.322 e. The Morgan fingerprint density at radius 2 is 1.84 bits per heavy atom. The highest BCUT2D eigenvalue weighted by atomic mass is 16.6. The number of nitrogens with zero attached hydrogens (tertiary/aromatic N) is 3. The number of hydrogen-bond acceptors (Lipinski definition) is 6. The Morgan fingerprint density at radius 1 is 1.21 bits per heavy atom. The zero-order valence-corrected chi connectivity index (χ0v) is 9.89. The molecule has 1 N–H and O–H groups in total. The molecule has 2 aromatic rings. The Morgan fingerprint density at radius 3 is 2.37 bits per heavy atom. The summed E-state index contributed by atoms with van der Waals surface area (Å²) < 4.78 is 5.34. The van der Waals surface area contributed by atoms with E-state index in [4.69, 9.17) is 9.84 Å². The van der Waals surface area contributed by atoms with Crippen LogP contribution in [0.5, 0.6) is 11.8 Å². The smallest absolute Gasteiger partial charge is 0.322 e. The van der Waals surface area contributed by atoms with Crippen molar-refractivity contribution in [1.82, 2.24) is 9.97 Å². The number of benzene rings is 1. The summed E-state index contributed by atoms with van der Waals surface area (Å²) in [5.74, 6) is 0.524. The molecule has 0 spiro atoms. The Labute approximate surface area is 108 Å². The van der Waals surface area contributed by atoms with Crippen LogP contribution in [0.2, 0.25) is 0 Å². The molecule has 0 fully saturated rings. The fraction of sp³-hybridized carbons (Fsp3) is 0.167. The predicted octanol–water partition coefficient (Wildman–Crippen LogP) is 1.71. The number of ether oxygens (including phenoxy) is 1. The zero-order chi connectivity index (χ0) is 13.7. The van der Waals surface area contributed by atoms with Crippen molar-refractivity contribution in [3.8, 4) is 11.8 Å². The number of aliphatic hydroxyl groups is 1. The second-order valence-corrected chi connectivity index (χ2v) is 3.70. The Bertz CT molecular complexity index is 554. The zero-order valence-electron chi connectivity index (χ0n) is 9.89. The standard InChI is InChI=1S/C12H11N3O4/c16-6-5-9-1-3-11(4-2-9)19-12-13-7-10(8-14-12)15(17)18/h1-4,7-8,16H,5-6H2. The van der Waals surface area contributed by atoms with Crippen molar-refractivity contribution >= 4 is 5.69 Å². The van der Waals surface area contributed by atoms with Gasteiger partial charge in [-0.25, -0.2) is 0 Å². The number of nitro groups is 1. The first-order chi connectivity index (χ1) is 9.19. The van der Waals surface area contributed by atoms with E-state index in [-0.39, 0.29) is 18.3 Å². The van der Waals surface area contributed by atoms with Gasteiger partial charge < -0.3 is 9.84 Å². The van der Waals surface area contributed by atoms with E-state index >= 15 is 0 Å². The quantitative estimate of drug-likeness (QED) is 0.649. The monoisotopic (exact) mass is 261 g/mol. The maximum absolute atomic E-state index is 10.4. The summed E-state index contributed by atoms with van der Waals surface area (Å²) in [5.41, 5.74) is 0.796. The van der Waals surface area contributed by atoms with E-state index in [0.29, 0.717) is 12.2 Å². The van der Waals surface area contributed by atoms with Crippen molar-refractivity contribution in [2.75, 3.05) is 6.61 Å². The van der Waals surface area contributed by atoms with Gasteiger partial charge in [0.2, 0.25) is 0 Å². The number of hydrogen-bond donors (Lipinski definition) is 1. The first-order valence-electron chi connectivity index (χ1n) is 5.53. The molecule has 1 aromatic heterocycles. The number of rotatable bonds is 5. The second kappa shape index (κ2) is 5.87. The predicted molar refractivity (Wildman–Crippen MR) is 66.0 cm³/mol. The minimum absolute atomic E-state index is 0.0421. The Balaban J connectivity index is 2.06. The highest BCUT2D eigenvalue weighted by molar-refractivity contribution is 5.30. The van der Waals surface area contributed by atoms with E-state index in [0.717, 1.165) is 18.0 Å². The van der Waals surface area contributed by atoms with E-state index in [1.54, 1.807) is 12.1 Å². The molecule has 1 heterocycles. The molecule has 98 valence electrons. The molecule has 0 saturated heterocycles. The van der Waals surface area contributed by atoms with Crippen LogP contribution in [0.25, 0.3) is 0 Å². The van der Waals surface area contributed by atoms with Crippen LogP contribution in [-0.2, 0) is 6.42 Å². The van der Waals surface area contributed by atoms with E-state index < -0.39 is 4.92 Å². The van der Waals surface area contributed by atoms with Gasteiger partial charge in [0.15, 0.2) is 0 Å². The van der Waals surface area contributed by atoms with Crippen molar-refractivity contribution in [2.24, 2.45) is 0 Å². The maximum atomic E-state index is 10.4. The largest absolute Gasteiger partial charge is 0.424 e. The molecule has 2 rings (SSSR count). The molecular formula is C12H11N3O4. The molecule has 0 aliphatic carbocycles. The topological polar surface area (TPSA) is 98.4 Å². The molecule has 0 radical (unpaired) electrons. The molecule has 0 aliphatic rings. The van der Waals surface area contributed by atoms with Crippen LogP contribution < -0.4 is 4.74 Å². The summed E-state index contributed by atoms with van der Waals surface area (Å²) in [6.07, 6.45) is 2.75. The van der Waals surface area contributed by atoms with Gasteiger partial charge in [-0.3, -0.25) is 10.1 Å². The molecule has 0 bridgehead atoms. The highest BCUT2D eigenvalue weighted by Crippen LogP contribution is 2.19. The average molecular weight is 261 g/mol. The first-order valence-corrected chi connectivity index (χ1v) is 5.53. The lowest BCUT2D eigenvalue weighted by molar-refractivity contribution is -0.385. The fourth-order valence-corrected chi connectivity index (χ4v) is 1.42. The van der Waals surface area contributed by atoms with Crippen LogP contribution in [0.1, 0.15) is 5.56 Å². The van der Waals surface area contributed by atoms with Crippen molar-refractivity contribution in [3.05, 3.63) is 52.3 Å². The lowest BCUT2D eigenvalue weighted by Gasteiger charge is -2.04. The van der Waals surface area contributed by atoms with E-state index in [1.807, 2.05) is 12.1 Å². The molecule has 0 amide bonds. The molecule has 0 saturated carbocycles. The SMILES string of the molecule is O=[N+]([O-])c1cnc(Oc2ccc(CCO)cc2)nc1. The van der Waals surface area contributed by atoms with Gasteiger partial charge in [0.05, 0.1) is 4.92 Å². The van der Waals surface area contributed by atoms with Crippen molar-refractivity contribution < 1.29 is 14.8 Å². The third kappa shape index (κ3) is 3.46. The molecule has 19 heavy (non-hydrogen) atoms. The lowest BCUT2D eigenvalue weighted by atomic mass is 10.1. The van der Waals surface area contributed by atoms with Crippen LogP contribution in [0.4, 0.5) is 5.69 Å². The normalized spacial score (nSPS) is 10.2. The summed E-state index contributed by atoms with van der Waals surface area (Å²) in [6.45, 7) is 0.0890. The van der Waals surface area contributed by atoms with Crippen molar-refractivity contribution in [3.63, 3.8) is 0 Å². The van der Waals surface area contributed by atoms with Gasteiger partial charge in [0, 0.05) is 6.61 Å². The van der Waals surface area contributed by atoms with Gasteiger partial charge in [-0.1, -0.05) is 12.1 Å². The lowest BCUT2D eigenvalue weighted by Crippen LogP contribution is -1.95. The molecule has 0 atom stereocenters. The third-order valence-corrected chi connectivity index (χ3v) is 2.36. The van der Waals surface area contributed by atoms with Crippen LogP contribution in [0, 0.1) is 10.1 Å². The van der Waals surface area contributed by atoms with Crippen molar-refractivity contribution in [1.29, 1.82) is 0 Å². The first kappa shape index (κ1) is 12.9. The summed E-state index contributed by atoms with van der Waals surface area (Å²) in [7, 11) is 0. The van der Waals surface area contributed by atoms with Gasteiger partial charge in [-0.05, 0) is 24.1 Å². The van der Waals surface area contributed by atoms with Gasteiger partial charge in [0.1, 0.15) is 18.1 Å². The molecular weight excluding hydrogens is 250 g/mol. The van der Waals surface area contributed by atoms with Gasteiger partial charge in [-0.2, -0.15) is 9.97 Å². The fourth-order valence-electron chi connectivity index (χ4n) is 1.42. The summed E-state index contributed by atoms with van der Waals surface area (Å²) in [4.78, 5) is 17.3. The molecule has 7 heteroatoms. The minimum Gasteiger partial charge on any atom is -0.424 e. The van der Waals surface area contributed by atoms with Gasteiger partial charge in [-0.15, -0.1) is 0 Å². The van der Waals surface area contributed by atoms with Crippen LogP contribution in [0.3, 0.4) is 0 Å². The molecule has 7 nitrogen and oxygen atoms in total. The van der Waals surface area contributed by atoms with E-state index in [9.17, 15) is 10.1 Å². The Kier molecular flexibility index (Phi) is 3.99. The van der Waals surface area contributed by atoms with Crippen LogP contribution in [-0.4, -0.2) is 26.6 Å². The van der Waals surface area contributed by atoms with Gasteiger partial charge >= 0.3 is 11.7 Å². The molecule has 0 unspecified atom stereocenters. The number of aliphatic hydroxyl groups excluding tert-OH is 1. The average Bonchev–Trinajstić information content (AvgIpc) is 2.42. The third-order valence-electron chi connectivity index (χ3n) is 2.36. The Hall–Kier alpha value is -2.54. The van der Waals surface area contributed by atoms with Gasteiger partial charge in [0.25, 0.3) is 0 Å². The number of aromatic nitrogens is 2. The molecule has 1 aromatic carbocycles. The second-order valence-electron chi connectivity index (χ2n) is 3.70.